The van der Waals surface area contributed by atoms with Gasteiger partial charge in [0.25, 0.3) is 10.0 Å². The van der Waals surface area contributed by atoms with E-state index in [0.29, 0.717) is 12.8 Å². The molecule has 0 radical (unpaired) electrons. The van der Waals surface area contributed by atoms with E-state index in [0.717, 1.165) is 19.3 Å². The first-order chi connectivity index (χ1) is 9.00. The van der Waals surface area contributed by atoms with Crippen LogP contribution in [0.5, 0.6) is 0 Å². The van der Waals surface area contributed by atoms with Crippen LogP contribution in [-0.2, 0) is 10.0 Å². The predicted octanol–water partition coefficient (Wildman–Crippen LogP) is 0.636. The second kappa shape index (κ2) is 5.85. The number of hydrogen-bond donors (Lipinski definition) is 3. The summed E-state index contributed by atoms with van der Waals surface area (Å²) in [5, 5.41) is 9.78. The summed E-state index contributed by atoms with van der Waals surface area (Å²) >= 11 is 0. The van der Waals surface area contributed by atoms with Gasteiger partial charge in [0.1, 0.15) is 0 Å². The van der Waals surface area contributed by atoms with Gasteiger partial charge in [-0.15, -0.1) is 0 Å². The minimum Gasteiger partial charge on any atom is -0.396 e. The molecule has 2 unspecified atom stereocenters. The van der Waals surface area contributed by atoms with E-state index in [1.807, 2.05) is 0 Å². The van der Waals surface area contributed by atoms with Crippen LogP contribution in [0.4, 0.5) is 5.69 Å². The molecule has 0 amide bonds. The number of nitrogens with one attached hydrogen (secondary N) is 1. The molecule has 0 aromatic carbocycles. The molecule has 1 saturated carbocycles. The third kappa shape index (κ3) is 3.43. The third-order valence-electron chi connectivity index (χ3n) is 3.34. The summed E-state index contributed by atoms with van der Waals surface area (Å²) in [6, 6.07) is 2.61. The molecule has 2 rings (SSSR count). The zero-order chi connectivity index (χ0) is 13.9. The highest BCUT2D eigenvalue weighted by Gasteiger charge is 2.28. The first kappa shape index (κ1) is 14.2. The van der Waals surface area contributed by atoms with E-state index in [1.54, 1.807) is 6.07 Å². The van der Waals surface area contributed by atoms with Gasteiger partial charge in [0.2, 0.25) is 0 Å². The average molecular weight is 285 g/mol. The number of rotatable bonds is 3. The molecular weight excluding hydrogens is 266 g/mol. The number of aromatic nitrogens is 1. The molecule has 1 aromatic heterocycles. The van der Waals surface area contributed by atoms with Gasteiger partial charge in [-0.3, -0.25) is 0 Å². The maximum absolute atomic E-state index is 12.2. The second-order valence-electron chi connectivity index (χ2n) is 4.83. The van der Waals surface area contributed by atoms with Crippen molar-refractivity contribution < 1.29 is 13.5 Å². The summed E-state index contributed by atoms with van der Waals surface area (Å²) in [7, 11) is -3.79. The number of aliphatic hydroxyl groups excluding tert-OH is 1. The molecule has 0 aliphatic heterocycles. The van der Waals surface area contributed by atoms with Gasteiger partial charge in [0.15, 0.2) is 5.03 Å². The van der Waals surface area contributed by atoms with E-state index < -0.39 is 22.2 Å². The first-order valence-electron chi connectivity index (χ1n) is 6.41. The van der Waals surface area contributed by atoms with Gasteiger partial charge >= 0.3 is 0 Å². The van der Waals surface area contributed by atoms with Crippen molar-refractivity contribution in [1.29, 1.82) is 0 Å². The third-order valence-corrected chi connectivity index (χ3v) is 4.80. The number of aliphatic hydroxyl groups is 1. The van der Waals surface area contributed by atoms with Gasteiger partial charge in [-0.25, -0.2) is 18.1 Å². The standard InChI is InChI=1S/C12H19N3O3S/c13-9-5-4-8-14-12(9)19(17,18)15-10-6-2-1-3-7-11(10)16/h4-5,8,10-11,15-16H,1-3,6-7,13H2. The predicted molar refractivity (Wildman–Crippen MR) is 71.9 cm³/mol. The maximum Gasteiger partial charge on any atom is 0.260 e. The molecule has 0 spiro atoms. The molecule has 0 bridgehead atoms. The van der Waals surface area contributed by atoms with Crippen molar-refractivity contribution in [3.05, 3.63) is 18.3 Å². The zero-order valence-electron chi connectivity index (χ0n) is 10.6. The fraction of sp³-hybridized carbons (Fsp3) is 0.583. The molecule has 1 aliphatic carbocycles. The Hall–Kier alpha value is -1.18. The summed E-state index contributed by atoms with van der Waals surface area (Å²) in [4.78, 5) is 3.81. The minimum atomic E-state index is -3.79. The van der Waals surface area contributed by atoms with Crippen molar-refractivity contribution in [2.75, 3.05) is 5.73 Å². The van der Waals surface area contributed by atoms with Crippen molar-refractivity contribution in [3.8, 4) is 0 Å². The normalized spacial score (nSPS) is 24.9. The molecule has 106 valence electrons. The number of nitrogen functional groups attached to an aromatic ring is 1. The zero-order valence-corrected chi connectivity index (χ0v) is 11.4. The lowest BCUT2D eigenvalue weighted by atomic mass is 10.1. The summed E-state index contributed by atoms with van der Waals surface area (Å²) < 4.78 is 27.0. The first-order valence-corrected chi connectivity index (χ1v) is 7.90. The van der Waals surface area contributed by atoms with Crippen LogP contribution in [0.15, 0.2) is 23.4 Å². The Balaban J connectivity index is 2.19. The van der Waals surface area contributed by atoms with E-state index in [4.69, 9.17) is 5.73 Å². The monoisotopic (exact) mass is 285 g/mol. The SMILES string of the molecule is Nc1cccnc1S(=O)(=O)NC1CCCCCC1O. The van der Waals surface area contributed by atoms with Crippen LogP contribution < -0.4 is 10.5 Å². The van der Waals surface area contributed by atoms with Crippen molar-refractivity contribution in [3.63, 3.8) is 0 Å². The highest BCUT2D eigenvalue weighted by atomic mass is 32.2. The number of pyridine rings is 1. The van der Waals surface area contributed by atoms with Crippen LogP contribution in [0.1, 0.15) is 32.1 Å². The van der Waals surface area contributed by atoms with Crippen molar-refractivity contribution in [2.45, 2.75) is 49.3 Å². The van der Waals surface area contributed by atoms with E-state index in [9.17, 15) is 13.5 Å². The molecule has 1 aliphatic rings. The summed E-state index contributed by atoms with van der Waals surface area (Å²) in [6.45, 7) is 0. The summed E-state index contributed by atoms with van der Waals surface area (Å²) in [5.74, 6) is 0. The van der Waals surface area contributed by atoms with Crippen LogP contribution in [0.25, 0.3) is 0 Å². The Kier molecular flexibility index (Phi) is 4.38. The van der Waals surface area contributed by atoms with Crippen LogP contribution in [0, 0.1) is 0 Å². The van der Waals surface area contributed by atoms with Crippen molar-refractivity contribution >= 4 is 15.7 Å². The number of anilines is 1. The number of nitrogens with two attached hydrogens (primary N) is 1. The van der Waals surface area contributed by atoms with E-state index >= 15 is 0 Å². The van der Waals surface area contributed by atoms with Gasteiger partial charge in [-0.1, -0.05) is 19.3 Å². The highest BCUT2D eigenvalue weighted by Crippen LogP contribution is 2.21. The summed E-state index contributed by atoms with van der Waals surface area (Å²) in [5.41, 5.74) is 5.74. The van der Waals surface area contributed by atoms with Gasteiger partial charge in [-0.2, -0.15) is 0 Å². The molecule has 4 N–H and O–H groups in total. The molecule has 6 nitrogen and oxygen atoms in total. The van der Waals surface area contributed by atoms with Gasteiger partial charge < -0.3 is 10.8 Å². The molecule has 7 heteroatoms. The number of nitrogens with zero attached hydrogens (tertiary/aromatic N) is 1. The minimum absolute atomic E-state index is 0.109. The second-order valence-corrected chi connectivity index (χ2v) is 6.46. The smallest absolute Gasteiger partial charge is 0.260 e. The van der Waals surface area contributed by atoms with Crippen LogP contribution in [0.3, 0.4) is 0 Å². The van der Waals surface area contributed by atoms with Crippen LogP contribution in [0.2, 0.25) is 0 Å². The molecule has 19 heavy (non-hydrogen) atoms. The topological polar surface area (TPSA) is 105 Å². The Morgan fingerprint density at radius 1 is 1.32 bits per heavy atom. The molecule has 1 fully saturated rings. The Morgan fingerprint density at radius 3 is 2.79 bits per heavy atom. The van der Waals surface area contributed by atoms with E-state index in [-0.39, 0.29) is 10.7 Å². The lowest BCUT2D eigenvalue weighted by Crippen LogP contribution is -2.43. The summed E-state index contributed by atoms with van der Waals surface area (Å²) in [6.07, 6.45) is 4.82. The van der Waals surface area contributed by atoms with E-state index in [1.165, 1.54) is 12.3 Å². The van der Waals surface area contributed by atoms with Gasteiger partial charge in [0, 0.05) is 12.2 Å². The van der Waals surface area contributed by atoms with Gasteiger partial charge in [0.05, 0.1) is 11.8 Å². The highest BCUT2D eigenvalue weighted by molar-refractivity contribution is 7.89. The van der Waals surface area contributed by atoms with Crippen molar-refractivity contribution in [2.24, 2.45) is 0 Å². The lowest BCUT2D eigenvalue weighted by molar-refractivity contribution is 0.130. The van der Waals surface area contributed by atoms with Crippen LogP contribution in [-0.4, -0.2) is 30.7 Å². The van der Waals surface area contributed by atoms with Crippen molar-refractivity contribution in [1.82, 2.24) is 9.71 Å². The Labute approximate surface area is 113 Å². The largest absolute Gasteiger partial charge is 0.396 e. The fourth-order valence-electron chi connectivity index (χ4n) is 2.31. The number of hydrogen-bond acceptors (Lipinski definition) is 5. The van der Waals surface area contributed by atoms with Crippen LogP contribution >= 0.6 is 0 Å². The Morgan fingerprint density at radius 2 is 2.05 bits per heavy atom. The molecule has 1 aromatic rings. The molecular formula is C12H19N3O3S. The number of sulfonamides is 1. The van der Waals surface area contributed by atoms with Gasteiger partial charge in [-0.05, 0) is 25.0 Å². The lowest BCUT2D eigenvalue weighted by Gasteiger charge is -2.21. The quantitative estimate of drug-likeness (QED) is 0.707. The Bertz CT molecular complexity index is 533. The molecule has 2 atom stereocenters. The maximum atomic E-state index is 12.2. The molecule has 1 heterocycles. The fourth-order valence-corrected chi connectivity index (χ4v) is 3.67. The molecule has 0 saturated heterocycles. The van der Waals surface area contributed by atoms with E-state index in [2.05, 4.69) is 9.71 Å². The average Bonchev–Trinajstić information content (AvgIpc) is 2.55.